The summed E-state index contributed by atoms with van der Waals surface area (Å²) in [6.07, 6.45) is 3.86. The van der Waals surface area contributed by atoms with Gasteiger partial charge in [0.1, 0.15) is 5.82 Å². The molecule has 0 aliphatic heterocycles. The molecule has 16 heavy (non-hydrogen) atoms. The molecule has 5 heteroatoms. The van der Waals surface area contributed by atoms with Gasteiger partial charge in [0.25, 0.3) is 0 Å². The van der Waals surface area contributed by atoms with Gasteiger partial charge in [0, 0.05) is 18.8 Å². The van der Waals surface area contributed by atoms with Gasteiger partial charge in [-0.3, -0.25) is 0 Å². The van der Waals surface area contributed by atoms with Gasteiger partial charge in [0.2, 0.25) is 5.95 Å². The minimum atomic E-state index is 0.0713. The molecular weight excluding hydrogens is 268 g/mol. The van der Waals surface area contributed by atoms with Crippen molar-refractivity contribution in [3.8, 4) is 0 Å². The lowest BCUT2D eigenvalue weighted by atomic mass is 9.96. The summed E-state index contributed by atoms with van der Waals surface area (Å²) in [5.41, 5.74) is 0.0713. The summed E-state index contributed by atoms with van der Waals surface area (Å²) in [5.74, 6) is 1.46. The highest BCUT2D eigenvalue weighted by atomic mass is 79.9. The van der Waals surface area contributed by atoms with Crippen molar-refractivity contribution in [1.82, 2.24) is 9.97 Å². The molecule has 0 fully saturated rings. The third-order valence-electron chi connectivity index (χ3n) is 2.95. The van der Waals surface area contributed by atoms with Gasteiger partial charge in [-0.2, -0.15) is 4.98 Å². The number of nitrogens with zero attached hydrogens (tertiary/aromatic N) is 2. The molecule has 2 N–H and O–H groups in total. The second kappa shape index (κ2) is 5.48. The molecular formula is C11H19BrN4. The van der Waals surface area contributed by atoms with E-state index in [0.717, 1.165) is 23.1 Å². The van der Waals surface area contributed by atoms with Crippen LogP contribution in [0.15, 0.2) is 10.7 Å². The number of rotatable bonds is 5. The Bertz CT molecular complexity index is 350. The standard InChI is InChI=1S/C11H19BrN4/c1-5-11(3,6-2)16-9-8(12)7-14-10(13-4)15-9/h7H,5-6H2,1-4H3,(H2,13,14,15,16). The highest BCUT2D eigenvalue weighted by Gasteiger charge is 2.21. The molecule has 1 aromatic heterocycles. The zero-order valence-corrected chi connectivity index (χ0v) is 11.8. The van der Waals surface area contributed by atoms with Crippen LogP contribution in [0.1, 0.15) is 33.6 Å². The summed E-state index contributed by atoms with van der Waals surface area (Å²) in [6.45, 7) is 6.54. The number of nitrogens with one attached hydrogen (secondary N) is 2. The van der Waals surface area contributed by atoms with Gasteiger partial charge < -0.3 is 10.6 Å². The van der Waals surface area contributed by atoms with Crippen molar-refractivity contribution in [2.75, 3.05) is 17.7 Å². The van der Waals surface area contributed by atoms with E-state index in [1.54, 1.807) is 6.20 Å². The fourth-order valence-corrected chi connectivity index (χ4v) is 1.58. The Kier molecular flexibility index (Phi) is 4.53. The van der Waals surface area contributed by atoms with Crippen LogP contribution in [0, 0.1) is 0 Å². The molecule has 0 radical (unpaired) electrons. The predicted octanol–water partition coefficient (Wildman–Crippen LogP) is 3.27. The highest BCUT2D eigenvalue weighted by molar-refractivity contribution is 9.10. The lowest BCUT2D eigenvalue weighted by Gasteiger charge is -2.29. The smallest absolute Gasteiger partial charge is 0.224 e. The number of aromatic nitrogens is 2. The van der Waals surface area contributed by atoms with Crippen molar-refractivity contribution < 1.29 is 0 Å². The predicted molar refractivity (Wildman–Crippen MR) is 71.9 cm³/mol. The first-order chi connectivity index (χ1) is 7.54. The van der Waals surface area contributed by atoms with E-state index in [4.69, 9.17) is 0 Å². The maximum atomic E-state index is 4.39. The second-order valence-electron chi connectivity index (χ2n) is 4.03. The molecule has 0 atom stereocenters. The number of halogens is 1. The van der Waals surface area contributed by atoms with Gasteiger partial charge in [-0.15, -0.1) is 0 Å². The van der Waals surface area contributed by atoms with E-state index >= 15 is 0 Å². The molecule has 0 saturated heterocycles. The summed E-state index contributed by atoms with van der Waals surface area (Å²) >= 11 is 3.46. The average molecular weight is 287 g/mol. The average Bonchev–Trinajstić information content (AvgIpc) is 2.32. The number of hydrogen-bond donors (Lipinski definition) is 2. The van der Waals surface area contributed by atoms with E-state index in [9.17, 15) is 0 Å². The van der Waals surface area contributed by atoms with Crippen LogP contribution in [0.25, 0.3) is 0 Å². The van der Waals surface area contributed by atoms with Crippen LogP contribution in [0.3, 0.4) is 0 Å². The molecule has 0 bridgehead atoms. The summed E-state index contributed by atoms with van der Waals surface area (Å²) in [6, 6.07) is 0. The molecule has 0 saturated carbocycles. The maximum Gasteiger partial charge on any atom is 0.224 e. The fourth-order valence-electron chi connectivity index (χ4n) is 1.29. The number of hydrogen-bond acceptors (Lipinski definition) is 4. The van der Waals surface area contributed by atoms with Crippen LogP contribution in [-0.2, 0) is 0 Å². The lowest BCUT2D eigenvalue weighted by molar-refractivity contribution is 0.476. The molecule has 1 rings (SSSR count). The maximum absolute atomic E-state index is 4.39. The van der Waals surface area contributed by atoms with Crippen LogP contribution >= 0.6 is 15.9 Å². The van der Waals surface area contributed by atoms with Crippen LogP contribution in [0.2, 0.25) is 0 Å². The Balaban J connectivity index is 2.95. The van der Waals surface area contributed by atoms with Crippen molar-refractivity contribution >= 4 is 27.7 Å². The summed E-state index contributed by atoms with van der Waals surface area (Å²) in [5, 5.41) is 6.39. The van der Waals surface area contributed by atoms with Gasteiger partial charge in [0.15, 0.2) is 0 Å². The largest absolute Gasteiger partial charge is 0.364 e. The third kappa shape index (κ3) is 3.07. The molecule has 4 nitrogen and oxygen atoms in total. The molecule has 90 valence electrons. The molecule has 1 aromatic rings. The van der Waals surface area contributed by atoms with Crippen LogP contribution < -0.4 is 10.6 Å². The van der Waals surface area contributed by atoms with Gasteiger partial charge in [-0.25, -0.2) is 4.98 Å². The fraction of sp³-hybridized carbons (Fsp3) is 0.636. The molecule has 0 aliphatic rings. The van der Waals surface area contributed by atoms with E-state index in [1.807, 2.05) is 7.05 Å². The Morgan fingerprint density at radius 2 is 2.00 bits per heavy atom. The molecule has 0 aromatic carbocycles. The summed E-state index contributed by atoms with van der Waals surface area (Å²) in [4.78, 5) is 8.52. The van der Waals surface area contributed by atoms with E-state index < -0.39 is 0 Å². The van der Waals surface area contributed by atoms with Crippen molar-refractivity contribution in [2.24, 2.45) is 0 Å². The van der Waals surface area contributed by atoms with Gasteiger partial charge in [0.05, 0.1) is 4.47 Å². The minimum Gasteiger partial charge on any atom is -0.364 e. The van der Waals surface area contributed by atoms with Crippen LogP contribution in [-0.4, -0.2) is 22.6 Å². The first-order valence-electron chi connectivity index (χ1n) is 5.53. The first-order valence-corrected chi connectivity index (χ1v) is 6.32. The number of anilines is 2. The van der Waals surface area contributed by atoms with E-state index in [0.29, 0.717) is 5.95 Å². The monoisotopic (exact) mass is 286 g/mol. The molecule has 0 amide bonds. The van der Waals surface area contributed by atoms with Crippen LogP contribution in [0.4, 0.5) is 11.8 Å². The SMILES string of the molecule is CCC(C)(CC)Nc1nc(NC)ncc1Br. The normalized spacial score (nSPS) is 11.3. The van der Waals surface area contributed by atoms with Gasteiger partial charge in [-0.05, 0) is 35.7 Å². The molecule has 1 heterocycles. The van der Waals surface area contributed by atoms with Crippen molar-refractivity contribution in [3.63, 3.8) is 0 Å². The Labute approximate surface area is 105 Å². The van der Waals surface area contributed by atoms with Crippen molar-refractivity contribution in [2.45, 2.75) is 39.2 Å². The Morgan fingerprint density at radius 3 is 2.50 bits per heavy atom. The first kappa shape index (κ1) is 13.2. The molecule has 0 unspecified atom stereocenters. The van der Waals surface area contributed by atoms with Gasteiger partial charge in [-0.1, -0.05) is 13.8 Å². The third-order valence-corrected chi connectivity index (χ3v) is 3.53. The van der Waals surface area contributed by atoms with E-state index in [2.05, 4.69) is 57.3 Å². The topological polar surface area (TPSA) is 49.8 Å². The zero-order valence-electron chi connectivity index (χ0n) is 10.3. The van der Waals surface area contributed by atoms with Crippen molar-refractivity contribution in [3.05, 3.63) is 10.7 Å². The molecule has 0 spiro atoms. The zero-order chi connectivity index (χ0) is 12.2. The summed E-state index contributed by atoms with van der Waals surface area (Å²) < 4.78 is 0.889. The van der Waals surface area contributed by atoms with E-state index in [1.165, 1.54) is 0 Å². The Hall–Kier alpha value is -0.840. The van der Waals surface area contributed by atoms with Gasteiger partial charge >= 0.3 is 0 Å². The Morgan fingerprint density at radius 1 is 1.38 bits per heavy atom. The highest BCUT2D eigenvalue weighted by Crippen LogP contribution is 2.26. The summed E-state index contributed by atoms with van der Waals surface area (Å²) in [7, 11) is 1.81. The molecule has 0 aliphatic carbocycles. The van der Waals surface area contributed by atoms with Crippen molar-refractivity contribution in [1.29, 1.82) is 0 Å². The lowest BCUT2D eigenvalue weighted by Crippen LogP contribution is -2.33. The van der Waals surface area contributed by atoms with E-state index in [-0.39, 0.29) is 5.54 Å². The second-order valence-corrected chi connectivity index (χ2v) is 4.89. The minimum absolute atomic E-state index is 0.0713. The van der Waals surface area contributed by atoms with Crippen LogP contribution in [0.5, 0.6) is 0 Å². The quantitative estimate of drug-likeness (QED) is 0.872.